The Balaban J connectivity index is 1.75. The average Bonchev–Trinajstić information content (AvgIpc) is 3.11. The summed E-state index contributed by atoms with van der Waals surface area (Å²) in [7, 11) is 0. The second kappa shape index (κ2) is 5.85. The van der Waals surface area contributed by atoms with Gasteiger partial charge in [0.25, 0.3) is 0 Å². The van der Waals surface area contributed by atoms with Crippen LogP contribution in [0.3, 0.4) is 0 Å². The minimum absolute atomic E-state index is 0.00143. The molecule has 0 saturated heterocycles. The molecule has 0 bridgehead atoms. The predicted octanol–water partition coefficient (Wildman–Crippen LogP) is 4.70. The normalized spacial score (nSPS) is 16.3. The molecule has 2 heterocycles. The van der Waals surface area contributed by atoms with Crippen molar-refractivity contribution in [1.29, 1.82) is 0 Å². The lowest BCUT2D eigenvalue weighted by Crippen LogP contribution is -2.23. The molecule has 0 saturated carbocycles. The van der Waals surface area contributed by atoms with Gasteiger partial charge in [-0.15, -0.1) is 0 Å². The van der Waals surface area contributed by atoms with Crippen LogP contribution in [0.25, 0.3) is 22.0 Å². The molecule has 0 fully saturated rings. The smallest absolute Gasteiger partial charge is 0.226 e. The van der Waals surface area contributed by atoms with Crippen molar-refractivity contribution in [3.8, 4) is 11.3 Å². The summed E-state index contributed by atoms with van der Waals surface area (Å²) in [5.41, 5.74) is 4.27. The van der Waals surface area contributed by atoms with Crippen molar-refractivity contribution in [1.82, 2.24) is 10.2 Å². The van der Waals surface area contributed by atoms with Gasteiger partial charge in [0.1, 0.15) is 0 Å². The minimum atomic E-state index is -0.0289. The Hall–Kier alpha value is -3.40. The zero-order valence-electron chi connectivity index (χ0n) is 14.1. The van der Waals surface area contributed by atoms with Gasteiger partial charge in [-0.1, -0.05) is 72.8 Å². The third-order valence-electron chi connectivity index (χ3n) is 5.06. The van der Waals surface area contributed by atoms with Crippen LogP contribution >= 0.6 is 0 Å². The summed E-state index contributed by atoms with van der Waals surface area (Å²) in [6.07, 6.45) is 0.417. The number of amides is 1. The first kappa shape index (κ1) is 14.9. The molecule has 5 rings (SSSR count). The van der Waals surface area contributed by atoms with Gasteiger partial charge in [-0.3, -0.25) is 9.89 Å². The van der Waals surface area contributed by atoms with Gasteiger partial charge in [-0.05, 0) is 21.9 Å². The fourth-order valence-corrected chi connectivity index (χ4v) is 3.90. The summed E-state index contributed by atoms with van der Waals surface area (Å²) in [4.78, 5) is 12.3. The number of anilines is 1. The number of rotatable bonds is 2. The van der Waals surface area contributed by atoms with Crippen LogP contribution in [-0.2, 0) is 4.79 Å². The molecule has 26 heavy (non-hydrogen) atoms. The van der Waals surface area contributed by atoms with E-state index in [-0.39, 0.29) is 11.8 Å². The first-order chi connectivity index (χ1) is 12.8. The fraction of sp³-hybridized carbons (Fsp3) is 0.0909. The van der Waals surface area contributed by atoms with Crippen molar-refractivity contribution in [3.63, 3.8) is 0 Å². The molecule has 4 nitrogen and oxygen atoms in total. The number of H-pyrrole nitrogens is 1. The fourth-order valence-electron chi connectivity index (χ4n) is 3.90. The molecule has 0 spiro atoms. The number of hydrogen-bond acceptors (Lipinski definition) is 2. The molecule has 2 N–H and O–H groups in total. The highest BCUT2D eigenvalue weighted by Crippen LogP contribution is 2.43. The van der Waals surface area contributed by atoms with Crippen molar-refractivity contribution in [2.45, 2.75) is 12.3 Å². The number of nitrogens with zero attached hydrogens (tertiary/aromatic N) is 1. The summed E-state index contributed by atoms with van der Waals surface area (Å²) < 4.78 is 0. The highest BCUT2D eigenvalue weighted by molar-refractivity contribution is 5.97. The van der Waals surface area contributed by atoms with E-state index in [1.807, 2.05) is 30.3 Å². The standard InChI is InChI=1S/C22H17N3O/c26-19-13-18(17-12-6-10-14-7-4-5-11-16(14)17)20-21(24-25-22(20)23-19)15-8-2-1-3-9-15/h1-12,18H,13H2,(H2,23,24,25,26). The van der Waals surface area contributed by atoms with Crippen LogP contribution in [0.5, 0.6) is 0 Å². The highest BCUT2D eigenvalue weighted by Gasteiger charge is 2.32. The van der Waals surface area contributed by atoms with Crippen molar-refractivity contribution < 1.29 is 4.79 Å². The molecule has 1 aromatic heterocycles. The number of fused-ring (bicyclic) bond motifs is 2. The van der Waals surface area contributed by atoms with Crippen LogP contribution in [0.2, 0.25) is 0 Å². The lowest BCUT2D eigenvalue weighted by Gasteiger charge is -2.24. The van der Waals surface area contributed by atoms with E-state index in [1.165, 1.54) is 10.8 Å². The van der Waals surface area contributed by atoms with Crippen molar-refractivity contribution in [2.24, 2.45) is 0 Å². The number of aromatic nitrogens is 2. The zero-order valence-corrected chi connectivity index (χ0v) is 14.1. The molecule has 126 valence electrons. The maximum Gasteiger partial charge on any atom is 0.226 e. The third kappa shape index (κ3) is 2.30. The second-order valence-corrected chi connectivity index (χ2v) is 6.60. The van der Waals surface area contributed by atoms with E-state index in [2.05, 4.69) is 58.0 Å². The second-order valence-electron chi connectivity index (χ2n) is 6.60. The monoisotopic (exact) mass is 339 g/mol. The van der Waals surface area contributed by atoms with Crippen LogP contribution in [0.1, 0.15) is 23.5 Å². The largest absolute Gasteiger partial charge is 0.309 e. The van der Waals surface area contributed by atoms with E-state index in [0.29, 0.717) is 12.2 Å². The number of aromatic amines is 1. The Kier molecular flexibility index (Phi) is 3.35. The molecule has 0 radical (unpaired) electrons. The summed E-state index contributed by atoms with van der Waals surface area (Å²) >= 11 is 0. The predicted molar refractivity (Wildman–Crippen MR) is 103 cm³/mol. The molecular formula is C22H17N3O. The SMILES string of the molecule is O=C1CC(c2cccc3ccccc23)c2c(n[nH]c2-c2ccccc2)N1. The van der Waals surface area contributed by atoms with Crippen LogP contribution in [0, 0.1) is 0 Å². The van der Waals surface area contributed by atoms with Gasteiger partial charge in [0, 0.05) is 17.9 Å². The highest BCUT2D eigenvalue weighted by atomic mass is 16.1. The Morgan fingerprint density at radius 3 is 2.54 bits per heavy atom. The number of hydrogen-bond donors (Lipinski definition) is 2. The lowest BCUT2D eigenvalue weighted by atomic mass is 9.82. The molecule has 4 aromatic rings. The summed E-state index contributed by atoms with van der Waals surface area (Å²) in [6, 6.07) is 24.7. The van der Waals surface area contributed by atoms with Crippen molar-refractivity contribution in [3.05, 3.63) is 83.9 Å². The van der Waals surface area contributed by atoms with E-state index >= 15 is 0 Å². The van der Waals surface area contributed by atoms with Gasteiger partial charge in [-0.2, -0.15) is 5.10 Å². The summed E-state index contributed by atoms with van der Waals surface area (Å²) in [6.45, 7) is 0. The Morgan fingerprint density at radius 1 is 0.885 bits per heavy atom. The van der Waals surface area contributed by atoms with E-state index in [1.54, 1.807) is 0 Å². The van der Waals surface area contributed by atoms with Gasteiger partial charge in [0.05, 0.1) is 5.69 Å². The average molecular weight is 339 g/mol. The Morgan fingerprint density at radius 2 is 1.65 bits per heavy atom. The molecule has 4 heteroatoms. The van der Waals surface area contributed by atoms with Crippen LogP contribution in [-0.4, -0.2) is 16.1 Å². The van der Waals surface area contributed by atoms with Gasteiger partial charge in [0.15, 0.2) is 5.82 Å². The summed E-state index contributed by atoms with van der Waals surface area (Å²) in [5.74, 6) is 0.610. The van der Waals surface area contributed by atoms with Gasteiger partial charge < -0.3 is 5.32 Å². The molecule has 1 amide bonds. The third-order valence-corrected chi connectivity index (χ3v) is 5.06. The molecule has 1 aliphatic rings. The molecule has 1 atom stereocenters. The van der Waals surface area contributed by atoms with Gasteiger partial charge in [0.2, 0.25) is 5.91 Å². The van der Waals surface area contributed by atoms with E-state index in [9.17, 15) is 4.79 Å². The Bertz CT molecular complexity index is 1110. The zero-order chi connectivity index (χ0) is 17.5. The first-order valence-electron chi connectivity index (χ1n) is 8.72. The van der Waals surface area contributed by atoms with Crippen molar-refractivity contribution in [2.75, 3.05) is 5.32 Å². The number of carbonyl (C=O) groups is 1. The topological polar surface area (TPSA) is 57.8 Å². The number of benzene rings is 3. The first-order valence-corrected chi connectivity index (χ1v) is 8.72. The van der Waals surface area contributed by atoms with E-state index in [4.69, 9.17) is 0 Å². The summed E-state index contributed by atoms with van der Waals surface area (Å²) in [5, 5.41) is 12.8. The molecule has 1 unspecified atom stereocenters. The Labute approximate surface area is 150 Å². The quantitative estimate of drug-likeness (QED) is 0.556. The molecule has 0 aliphatic carbocycles. The maximum atomic E-state index is 12.3. The van der Waals surface area contributed by atoms with Crippen molar-refractivity contribution >= 4 is 22.5 Å². The number of nitrogens with one attached hydrogen (secondary N) is 2. The maximum absolute atomic E-state index is 12.3. The van der Waals surface area contributed by atoms with E-state index < -0.39 is 0 Å². The molecule has 1 aliphatic heterocycles. The minimum Gasteiger partial charge on any atom is -0.309 e. The van der Waals surface area contributed by atoms with Crippen LogP contribution < -0.4 is 5.32 Å². The van der Waals surface area contributed by atoms with Crippen LogP contribution in [0.4, 0.5) is 5.82 Å². The van der Waals surface area contributed by atoms with Gasteiger partial charge >= 0.3 is 0 Å². The van der Waals surface area contributed by atoms with E-state index in [0.717, 1.165) is 22.4 Å². The number of carbonyl (C=O) groups excluding carboxylic acids is 1. The molecule has 3 aromatic carbocycles. The molecular weight excluding hydrogens is 322 g/mol. The van der Waals surface area contributed by atoms with Gasteiger partial charge in [-0.25, -0.2) is 0 Å². The van der Waals surface area contributed by atoms with Crippen LogP contribution in [0.15, 0.2) is 72.8 Å². The lowest BCUT2D eigenvalue weighted by molar-refractivity contribution is -0.116.